The van der Waals surface area contributed by atoms with Crippen molar-refractivity contribution in [3.05, 3.63) is 242 Å². The molecule has 0 aliphatic rings. The Balaban J connectivity index is 1.43. The molecule has 0 aliphatic heterocycles. The lowest BCUT2D eigenvalue weighted by Crippen LogP contribution is -2.34. The van der Waals surface area contributed by atoms with Crippen molar-refractivity contribution < 1.29 is 0 Å². The van der Waals surface area contributed by atoms with Crippen molar-refractivity contribution >= 4 is 67.9 Å². The predicted molar refractivity (Wildman–Crippen MR) is 239 cm³/mol. The highest BCUT2D eigenvalue weighted by atomic mass is 31.2. The molecule has 0 atom stereocenters. The Morgan fingerprint density at radius 3 is 0.611 bits per heavy atom. The molecular formula is C52H42P2+2. The van der Waals surface area contributed by atoms with Crippen molar-refractivity contribution in [2.24, 2.45) is 0 Å². The molecule has 0 unspecified atom stereocenters. The molecule has 0 fully saturated rings. The van der Waals surface area contributed by atoms with Crippen molar-refractivity contribution in [2.75, 3.05) is 0 Å². The number of rotatable bonds is 10. The molecule has 54 heavy (non-hydrogen) atoms. The van der Waals surface area contributed by atoms with Gasteiger partial charge in [0.25, 0.3) is 0 Å². The van der Waals surface area contributed by atoms with E-state index >= 15 is 0 Å². The van der Waals surface area contributed by atoms with Crippen LogP contribution in [0.2, 0.25) is 0 Å². The van der Waals surface area contributed by atoms with E-state index in [1.165, 1.54) is 64.5 Å². The Hall–Kier alpha value is -5.64. The minimum Gasteiger partial charge on any atom is -0.0620 e. The molecule has 0 saturated heterocycles. The average Bonchev–Trinajstić information content (AvgIpc) is 3.27. The minimum absolute atomic E-state index is 0.907. The molecule has 2 heteroatoms. The smallest absolute Gasteiger partial charge is 0.0620 e. The van der Waals surface area contributed by atoms with E-state index in [2.05, 4.69) is 231 Å². The van der Waals surface area contributed by atoms with Crippen LogP contribution in [-0.4, -0.2) is 0 Å². The summed E-state index contributed by atoms with van der Waals surface area (Å²) in [6.45, 7) is 0. The maximum atomic E-state index is 2.39. The van der Waals surface area contributed by atoms with Crippen LogP contribution in [-0.2, 0) is 12.3 Å². The van der Waals surface area contributed by atoms with Gasteiger partial charge in [0.05, 0.1) is 12.3 Å². The lowest BCUT2D eigenvalue weighted by Gasteiger charge is -2.32. The Morgan fingerprint density at radius 1 is 0.204 bits per heavy atom. The van der Waals surface area contributed by atoms with E-state index in [9.17, 15) is 0 Å². The van der Waals surface area contributed by atoms with Crippen LogP contribution in [0.1, 0.15) is 11.1 Å². The van der Waals surface area contributed by atoms with E-state index in [1.54, 1.807) is 0 Å². The van der Waals surface area contributed by atoms with Gasteiger partial charge in [0, 0.05) is 11.1 Å². The van der Waals surface area contributed by atoms with Crippen molar-refractivity contribution in [3.8, 4) is 0 Å². The second-order valence-electron chi connectivity index (χ2n) is 14.0. The second kappa shape index (κ2) is 15.0. The highest BCUT2D eigenvalue weighted by Gasteiger charge is 2.49. The van der Waals surface area contributed by atoms with E-state index in [0.717, 1.165) is 12.3 Å². The van der Waals surface area contributed by atoms with Gasteiger partial charge in [-0.1, -0.05) is 158 Å². The summed E-state index contributed by atoms with van der Waals surface area (Å²) < 4.78 is 0. The van der Waals surface area contributed by atoms with E-state index in [1.807, 2.05) is 0 Å². The molecule has 0 heterocycles. The average molecular weight is 729 g/mol. The molecule has 9 aromatic rings. The summed E-state index contributed by atoms with van der Waals surface area (Å²) in [6.07, 6.45) is 1.81. The SMILES string of the molecule is c1ccc([P+](Cc2c(C[P+](c3ccccc3)(c3ccccc3)c3ccccc3)c3ccccc3c3ccccc23)(c2ccccc2)c2ccccc2)cc1. The molecule has 0 nitrogen and oxygen atoms in total. The summed E-state index contributed by atoms with van der Waals surface area (Å²) in [6, 6.07) is 86.6. The van der Waals surface area contributed by atoms with Gasteiger partial charge in [-0.2, -0.15) is 0 Å². The summed E-state index contributed by atoms with van der Waals surface area (Å²) in [5.74, 6) is 0. The summed E-state index contributed by atoms with van der Waals surface area (Å²) in [5, 5.41) is 13.8. The molecule has 0 amide bonds. The number of hydrogen-bond donors (Lipinski definition) is 0. The topological polar surface area (TPSA) is 0 Å². The van der Waals surface area contributed by atoms with Crippen LogP contribution in [0, 0.1) is 0 Å². The second-order valence-corrected chi connectivity index (χ2v) is 21.0. The zero-order valence-electron chi connectivity index (χ0n) is 30.2. The molecule has 9 rings (SSSR count). The van der Waals surface area contributed by atoms with Crippen molar-refractivity contribution in [3.63, 3.8) is 0 Å². The van der Waals surface area contributed by atoms with E-state index in [0.29, 0.717) is 0 Å². The van der Waals surface area contributed by atoms with Crippen LogP contribution in [0.4, 0.5) is 0 Å². The molecule has 0 aliphatic carbocycles. The molecule has 0 aromatic heterocycles. The Kier molecular flexibility index (Phi) is 9.49. The van der Waals surface area contributed by atoms with E-state index in [4.69, 9.17) is 0 Å². The third-order valence-corrected chi connectivity index (χ3v) is 19.8. The highest BCUT2D eigenvalue weighted by Crippen LogP contribution is 2.63. The third-order valence-electron chi connectivity index (χ3n) is 11.1. The lowest BCUT2D eigenvalue weighted by molar-refractivity contribution is 1.31. The summed E-state index contributed by atoms with van der Waals surface area (Å²) in [7, 11) is -4.51. The van der Waals surface area contributed by atoms with Crippen molar-refractivity contribution in [1.29, 1.82) is 0 Å². The molecule has 0 spiro atoms. The first-order valence-corrected chi connectivity index (χ1v) is 22.7. The van der Waals surface area contributed by atoms with Gasteiger partial charge in [-0.3, -0.25) is 0 Å². The first-order chi connectivity index (χ1) is 26.8. The van der Waals surface area contributed by atoms with Gasteiger partial charge in [-0.15, -0.1) is 0 Å². The zero-order chi connectivity index (χ0) is 36.2. The molecule has 0 radical (unpaired) electrons. The van der Waals surface area contributed by atoms with Gasteiger partial charge in [0.15, 0.2) is 0 Å². The van der Waals surface area contributed by atoms with Gasteiger partial charge in [0.1, 0.15) is 46.4 Å². The largest absolute Gasteiger partial charge is 0.116 e. The first kappa shape index (κ1) is 34.1. The Labute approximate surface area is 320 Å². The fraction of sp³-hybridized carbons (Fsp3) is 0.0385. The molecular weight excluding hydrogens is 687 g/mol. The molecule has 0 N–H and O–H groups in total. The maximum absolute atomic E-state index is 2.39. The van der Waals surface area contributed by atoms with Crippen LogP contribution < -0.4 is 31.8 Å². The van der Waals surface area contributed by atoms with Gasteiger partial charge < -0.3 is 0 Å². The monoisotopic (exact) mass is 728 g/mol. The number of benzene rings is 9. The molecule has 0 bridgehead atoms. The lowest BCUT2D eigenvalue weighted by atomic mass is 9.93. The van der Waals surface area contributed by atoms with E-state index in [-0.39, 0.29) is 0 Å². The van der Waals surface area contributed by atoms with Crippen LogP contribution in [0.5, 0.6) is 0 Å². The fourth-order valence-electron chi connectivity index (χ4n) is 8.66. The van der Waals surface area contributed by atoms with Crippen LogP contribution in [0.3, 0.4) is 0 Å². The Morgan fingerprint density at radius 2 is 0.389 bits per heavy atom. The van der Waals surface area contributed by atoms with Crippen LogP contribution >= 0.6 is 14.5 Å². The number of fused-ring (bicyclic) bond motifs is 3. The molecule has 9 aromatic carbocycles. The quantitative estimate of drug-likeness (QED) is 0.0972. The summed E-state index contributed by atoms with van der Waals surface area (Å²) in [5.41, 5.74) is 2.92. The molecule has 0 saturated carbocycles. The van der Waals surface area contributed by atoms with Crippen LogP contribution in [0.25, 0.3) is 21.5 Å². The van der Waals surface area contributed by atoms with Gasteiger partial charge >= 0.3 is 0 Å². The zero-order valence-corrected chi connectivity index (χ0v) is 32.0. The van der Waals surface area contributed by atoms with Gasteiger partial charge in [-0.25, -0.2) is 0 Å². The van der Waals surface area contributed by atoms with Crippen molar-refractivity contribution in [1.82, 2.24) is 0 Å². The molecule has 258 valence electrons. The summed E-state index contributed by atoms with van der Waals surface area (Å²) in [4.78, 5) is 0. The Bertz CT molecular complexity index is 2240. The van der Waals surface area contributed by atoms with Crippen molar-refractivity contribution in [2.45, 2.75) is 12.3 Å². The van der Waals surface area contributed by atoms with Gasteiger partial charge in [-0.05, 0) is 94.3 Å². The van der Waals surface area contributed by atoms with Gasteiger partial charge in [0.2, 0.25) is 0 Å². The standard InChI is InChI=1S/C52H42P2/c1-7-23-41(24-8-1)53(42-25-9-2-10-26-42,43-27-11-3-12-28-43)39-51-49-37-21-19-35-47(49)48-36-20-22-38-50(48)52(51)40-54(44-29-13-4-14-30-44,45-31-15-5-16-32-45)46-33-17-6-18-34-46/h1-38H,39-40H2/q+2. The van der Waals surface area contributed by atoms with E-state index < -0.39 is 14.5 Å². The normalized spacial score (nSPS) is 11.9. The summed E-state index contributed by atoms with van der Waals surface area (Å²) >= 11 is 0. The minimum atomic E-state index is -2.25. The third kappa shape index (κ3) is 5.97. The first-order valence-electron chi connectivity index (χ1n) is 18.8. The van der Waals surface area contributed by atoms with Crippen LogP contribution in [0.15, 0.2) is 231 Å². The fourth-order valence-corrected chi connectivity index (χ4v) is 17.3. The highest BCUT2D eigenvalue weighted by molar-refractivity contribution is 7.95. The maximum Gasteiger partial charge on any atom is 0.116 e. The number of hydrogen-bond acceptors (Lipinski definition) is 0. The predicted octanol–water partition coefficient (Wildman–Crippen LogP) is 11.0.